The number of nitrogens with two attached hydrogens (primary N) is 2. The molecule has 3 aromatic carbocycles. The Morgan fingerprint density at radius 1 is 0.977 bits per heavy atom. The molecule has 10 heteroatoms. The van der Waals surface area contributed by atoms with Crippen LogP contribution in [0.1, 0.15) is 47.4 Å². The Hall–Kier alpha value is -4.15. The lowest BCUT2D eigenvalue weighted by molar-refractivity contribution is -0.137. The number of nitrogens with one attached hydrogen (secondary N) is 2. The molecule has 1 aliphatic rings. The van der Waals surface area contributed by atoms with Crippen molar-refractivity contribution >= 4 is 17.9 Å². The van der Waals surface area contributed by atoms with Crippen molar-refractivity contribution in [2.75, 3.05) is 32.7 Å². The third-order valence-electron chi connectivity index (χ3n) is 7.78. The Balaban J connectivity index is 1.40. The second kappa shape index (κ2) is 16.1. The van der Waals surface area contributed by atoms with Gasteiger partial charge in [-0.25, -0.2) is 0 Å². The molecule has 0 saturated carbocycles. The maximum Gasteiger partial charge on any atom is 0.416 e. The number of alkyl halides is 3. The predicted octanol–water partition coefficient (Wildman–Crippen LogP) is 4.75. The van der Waals surface area contributed by atoms with Gasteiger partial charge in [-0.15, -0.1) is 0 Å². The zero-order chi connectivity index (χ0) is 31.4. The van der Waals surface area contributed by atoms with Crippen molar-refractivity contribution in [2.45, 2.75) is 43.4 Å². The van der Waals surface area contributed by atoms with Crippen molar-refractivity contribution in [1.29, 1.82) is 0 Å². The summed E-state index contributed by atoms with van der Waals surface area (Å²) in [7, 11) is 0. The number of nitrogens with zero attached hydrogens (tertiary/aromatic N) is 2. The fourth-order valence-corrected chi connectivity index (χ4v) is 5.53. The SMILES string of the molecule is NC(N)=NCCC[C@H]1CN(CC(c2ccccc2)c2ccccc2)CC[C@@H](CNC(=O)/C=C/c2ccc(C(F)(F)F)cc2)N1. The van der Waals surface area contributed by atoms with Crippen LogP contribution in [0, 0.1) is 0 Å². The molecular weight excluding hydrogens is 565 g/mol. The molecule has 1 heterocycles. The van der Waals surface area contributed by atoms with Crippen LogP contribution in [0.5, 0.6) is 0 Å². The van der Waals surface area contributed by atoms with Crippen LogP contribution in [0.3, 0.4) is 0 Å². The van der Waals surface area contributed by atoms with E-state index in [0.717, 1.165) is 51.0 Å². The van der Waals surface area contributed by atoms with Crippen LogP contribution in [0.2, 0.25) is 0 Å². The average molecular weight is 607 g/mol. The lowest BCUT2D eigenvalue weighted by Gasteiger charge is -2.29. The second-order valence-corrected chi connectivity index (χ2v) is 11.1. The molecule has 0 spiro atoms. The number of hydrogen-bond acceptors (Lipinski definition) is 4. The fraction of sp³-hybridized carbons (Fsp3) is 0.353. The van der Waals surface area contributed by atoms with Crippen LogP contribution in [0.15, 0.2) is 96.0 Å². The first-order chi connectivity index (χ1) is 21.2. The maximum absolute atomic E-state index is 12.8. The van der Waals surface area contributed by atoms with E-state index in [-0.39, 0.29) is 29.9 Å². The van der Waals surface area contributed by atoms with Crippen molar-refractivity contribution in [1.82, 2.24) is 15.5 Å². The van der Waals surface area contributed by atoms with E-state index in [1.54, 1.807) is 0 Å². The molecule has 7 nitrogen and oxygen atoms in total. The Bertz CT molecular complexity index is 1320. The standard InChI is InChI=1S/C34H41F3N6O/c35-34(36,37)28-16-13-25(14-17-28)15-18-32(44)41-22-29-19-21-43(23-30(42-29)12-7-20-40-33(38)39)24-31(26-8-3-1-4-9-26)27-10-5-2-6-11-27/h1-6,8-11,13-18,29-31,42H,7,12,19-24H2,(H,41,44)(H4,38,39,40)/b18-15+/t29-,30-/m0/s1. The topological polar surface area (TPSA) is 109 Å². The summed E-state index contributed by atoms with van der Waals surface area (Å²) in [5.41, 5.74) is 13.4. The number of benzene rings is 3. The van der Waals surface area contributed by atoms with Gasteiger partial charge in [0.25, 0.3) is 0 Å². The number of amides is 1. The summed E-state index contributed by atoms with van der Waals surface area (Å²) in [6.07, 6.45) is 0.990. The Morgan fingerprint density at radius 2 is 1.61 bits per heavy atom. The molecule has 0 aliphatic carbocycles. The van der Waals surface area contributed by atoms with E-state index in [9.17, 15) is 18.0 Å². The van der Waals surface area contributed by atoms with Gasteiger partial charge in [0, 0.05) is 50.3 Å². The van der Waals surface area contributed by atoms with E-state index in [0.29, 0.717) is 18.7 Å². The molecule has 2 atom stereocenters. The van der Waals surface area contributed by atoms with Gasteiger partial charge in [-0.3, -0.25) is 9.79 Å². The molecule has 1 aliphatic heterocycles. The molecule has 0 aromatic heterocycles. The minimum absolute atomic E-state index is 0.0448. The number of carbonyl (C=O) groups excluding carboxylic acids is 1. The van der Waals surface area contributed by atoms with Crippen molar-refractivity contribution in [3.05, 3.63) is 113 Å². The first-order valence-electron chi connectivity index (χ1n) is 14.9. The Kier molecular flexibility index (Phi) is 12.0. The lowest BCUT2D eigenvalue weighted by Crippen LogP contribution is -2.46. The quantitative estimate of drug-likeness (QED) is 0.103. The third-order valence-corrected chi connectivity index (χ3v) is 7.78. The average Bonchev–Trinajstić information content (AvgIpc) is 3.22. The maximum atomic E-state index is 12.8. The fourth-order valence-electron chi connectivity index (χ4n) is 5.53. The van der Waals surface area contributed by atoms with Crippen LogP contribution < -0.4 is 22.1 Å². The van der Waals surface area contributed by atoms with E-state index in [4.69, 9.17) is 11.5 Å². The van der Waals surface area contributed by atoms with Gasteiger partial charge in [-0.05, 0) is 60.7 Å². The van der Waals surface area contributed by atoms with Crippen LogP contribution in [-0.2, 0) is 11.0 Å². The van der Waals surface area contributed by atoms with Crippen LogP contribution >= 0.6 is 0 Å². The molecule has 6 N–H and O–H groups in total. The van der Waals surface area contributed by atoms with E-state index < -0.39 is 11.7 Å². The number of rotatable bonds is 12. The Morgan fingerprint density at radius 3 is 2.20 bits per heavy atom. The second-order valence-electron chi connectivity index (χ2n) is 11.1. The normalized spacial score (nSPS) is 17.8. The van der Waals surface area contributed by atoms with E-state index in [1.807, 2.05) is 12.1 Å². The van der Waals surface area contributed by atoms with Gasteiger partial charge in [0.2, 0.25) is 5.91 Å². The summed E-state index contributed by atoms with van der Waals surface area (Å²) in [4.78, 5) is 19.2. The molecule has 234 valence electrons. The highest BCUT2D eigenvalue weighted by atomic mass is 19.4. The third kappa shape index (κ3) is 10.5. The monoisotopic (exact) mass is 606 g/mol. The molecule has 1 amide bonds. The summed E-state index contributed by atoms with van der Waals surface area (Å²) in [5.74, 6) is -0.00411. The van der Waals surface area contributed by atoms with Gasteiger partial charge < -0.3 is 27.0 Å². The predicted molar refractivity (Wildman–Crippen MR) is 170 cm³/mol. The first-order valence-corrected chi connectivity index (χ1v) is 14.9. The van der Waals surface area contributed by atoms with Gasteiger partial charge >= 0.3 is 6.18 Å². The van der Waals surface area contributed by atoms with Gasteiger partial charge in [0.1, 0.15) is 0 Å². The van der Waals surface area contributed by atoms with Gasteiger partial charge in [0.05, 0.1) is 5.56 Å². The molecule has 4 rings (SSSR count). The van der Waals surface area contributed by atoms with Crippen molar-refractivity contribution in [3.8, 4) is 0 Å². The highest BCUT2D eigenvalue weighted by Gasteiger charge is 2.30. The largest absolute Gasteiger partial charge is 0.416 e. The van der Waals surface area contributed by atoms with Gasteiger partial charge in [-0.1, -0.05) is 72.8 Å². The van der Waals surface area contributed by atoms with Crippen molar-refractivity contribution < 1.29 is 18.0 Å². The molecule has 44 heavy (non-hydrogen) atoms. The highest BCUT2D eigenvalue weighted by Crippen LogP contribution is 2.29. The minimum atomic E-state index is -4.40. The van der Waals surface area contributed by atoms with Crippen LogP contribution in [-0.4, -0.2) is 61.6 Å². The van der Waals surface area contributed by atoms with Gasteiger partial charge in [-0.2, -0.15) is 13.2 Å². The summed E-state index contributed by atoms with van der Waals surface area (Å²) < 4.78 is 38.5. The van der Waals surface area contributed by atoms with Crippen molar-refractivity contribution in [3.63, 3.8) is 0 Å². The molecular formula is C34H41F3N6O. The molecule has 0 radical (unpaired) electrons. The van der Waals surface area contributed by atoms with E-state index >= 15 is 0 Å². The molecule has 1 fully saturated rings. The first kappa shape index (κ1) is 32.8. The van der Waals surface area contributed by atoms with Crippen molar-refractivity contribution in [2.24, 2.45) is 16.5 Å². The zero-order valence-electron chi connectivity index (χ0n) is 24.7. The number of carbonyl (C=O) groups is 1. The number of halogens is 3. The van der Waals surface area contributed by atoms with E-state index in [2.05, 4.69) is 69.1 Å². The lowest BCUT2D eigenvalue weighted by atomic mass is 9.90. The smallest absolute Gasteiger partial charge is 0.370 e. The van der Waals surface area contributed by atoms with E-state index in [1.165, 1.54) is 35.4 Å². The molecule has 0 bridgehead atoms. The number of guanidine groups is 1. The number of aliphatic imine (C=N–C) groups is 1. The molecule has 3 aromatic rings. The summed E-state index contributed by atoms with van der Waals surface area (Å²) in [6, 6.07) is 26.0. The zero-order valence-corrected chi connectivity index (χ0v) is 24.7. The summed E-state index contributed by atoms with van der Waals surface area (Å²) >= 11 is 0. The van der Waals surface area contributed by atoms with Crippen LogP contribution in [0.4, 0.5) is 13.2 Å². The molecule has 1 saturated heterocycles. The van der Waals surface area contributed by atoms with Crippen LogP contribution in [0.25, 0.3) is 6.08 Å². The summed E-state index contributed by atoms with van der Waals surface area (Å²) in [6.45, 7) is 3.53. The van der Waals surface area contributed by atoms with Gasteiger partial charge in [0.15, 0.2) is 5.96 Å². The summed E-state index contributed by atoms with van der Waals surface area (Å²) in [5, 5.41) is 6.69. The highest BCUT2D eigenvalue weighted by molar-refractivity contribution is 5.91. The Labute approximate surface area is 257 Å². The molecule has 0 unspecified atom stereocenters. The number of hydrogen-bond donors (Lipinski definition) is 4. The minimum Gasteiger partial charge on any atom is -0.370 e.